The fourth-order valence-corrected chi connectivity index (χ4v) is 2.29. The van der Waals surface area contributed by atoms with Gasteiger partial charge in [0.1, 0.15) is 11.5 Å². The number of hydrogen-bond acceptors (Lipinski definition) is 5. The van der Waals surface area contributed by atoms with E-state index in [9.17, 15) is 9.59 Å². The van der Waals surface area contributed by atoms with Crippen molar-refractivity contribution in [2.75, 3.05) is 7.05 Å². The molecule has 0 aliphatic carbocycles. The van der Waals surface area contributed by atoms with Gasteiger partial charge in [-0.25, -0.2) is 9.78 Å². The monoisotopic (exact) mass is 280 g/mol. The predicted molar refractivity (Wildman–Crippen MR) is 68.3 cm³/mol. The van der Waals surface area contributed by atoms with Gasteiger partial charge in [0.15, 0.2) is 10.7 Å². The fourth-order valence-electron chi connectivity index (χ4n) is 1.51. The molecule has 1 N–H and O–H groups in total. The van der Waals surface area contributed by atoms with Crippen molar-refractivity contribution in [3.8, 4) is 0 Å². The molecule has 7 heteroatoms. The number of furan rings is 1. The molecule has 6 nitrogen and oxygen atoms in total. The summed E-state index contributed by atoms with van der Waals surface area (Å²) in [6, 6.07) is 3.61. The van der Waals surface area contributed by atoms with Crippen LogP contribution in [-0.4, -0.2) is 33.9 Å². The van der Waals surface area contributed by atoms with Crippen molar-refractivity contribution < 1.29 is 19.1 Å². The summed E-state index contributed by atoms with van der Waals surface area (Å²) in [5.74, 6) is -0.0206. The molecule has 2 aromatic rings. The summed E-state index contributed by atoms with van der Waals surface area (Å²) < 4.78 is 5.38. The minimum Gasteiger partial charge on any atom is -0.476 e. The highest BCUT2D eigenvalue weighted by Crippen LogP contribution is 2.14. The summed E-state index contributed by atoms with van der Waals surface area (Å²) in [7, 11) is 1.61. The number of amides is 1. The van der Waals surface area contributed by atoms with Crippen LogP contribution in [0, 0.1) is 6.92 Å². The molecule has 0 atom stereocenters. The summed E-state index contributed by atoms with van der Waals surface area (Å²) >= 11 is 1.02. The molecule has 0 saturated carbocycles. The van der Waals surface area contributed by atoms with Gasteiger partial charge in [0.2, 0.25) is 0 Å². The Hall–Kier alpha value is -2.15. The first-order chi connectivity index (χ1) is 8.97. The molecular formula is C12H12N2O4S. The summed E-state index contributed by atoms with van der Waals surface area (Å²) in [6.07, 6.45) is 0. The average Bonchev–Trinajstić information content (AvgIpc) is 2.97. The summed E-state index contributed by atoms with van der Waals surface area (Å²) in [5.41, 5.74) is -0.115. The Morgan fingerprint density at radius 3 is 2.74 bits per heavy atom. The average molecular weight is 280 g/mol. The second-order valence-electron chi connectivity index (χ2n) is 4.02. The van der Waals surface area contributed by atoms with Crippen LogP contribution in [0.15, 0.2) is 21.9 Å². The number of aromatic carboxylic acids is 1. The first kappa shape index (κ1) is 13.3. The third-order valence-electron chi connectivity index (χ3n) is 2.44. The second kappa shape index (κ2) is 5.23. The highest BCUT2D eigenvalue weighted by Gasteiger charge is 2.19. The van der Waals surface area contributed by atoms with Crippen LogP contribution in [0.5, 0.6) is 0 Å². The normalized spacial score (nSPS) is 10.4. The zero-order chi connectivity index (χ0) is 14.0. The first-order valence-corrected chi connectivity index (χ1v) is 6.35. The van der Waals surface area contributed by atoms with E-state index in [0.717, 1.165) is 17.1 Å². The highest BCUT2D eigenvalue weighted by atomic mass is 32.1. The summed E-state index contributed by atoms with van der Waals surface area (Å²) in [5, 5.41) is 10.3. The fraction of sp³-hybridized carbons (Fsp3) is 0.250. The maximum Gasteiger partial charge on any atom is 0.355 e. The Balaban J connectivity index is 2.07. The Bertz CT molecular complexity index is 617. The molecule has 1 amide bonds. The van der Waals surface area contributed by atoms with Crippen LogP contribution < -0.4 is 0 Å². The third kappa shape index (κ3) is 3.00. The van der Waals surface area contributed by atoms with E-state index >= 15 is 0 Å². The van der Waals surface area contributed by atoms with Crippen LogP contribution in [0.25, 0.3) is 0 Å². The van der Waals surface area contributed by atoms with Gasteiger partial charge in [-0.15, -0.1) is 11.3 Å². The Morgan fingerprint density at radius 2 is 2.21 bits per heavy atom. The minimum absolute atomic E-state index is 0.115. The van der Waals surface area contributed by atoms with Crippen LogP contribution in [0.3, 0.4) is 0 Å². The van der Waals surface area contributed by atoms with Crippen LogP contribution in [0.2, 0.25) is 0 Å². The van der Waals surface area contributed by atoms with Crippen molar-refractivity contribution in [3.05, 3.63) is 39.7 Å². The van der Waals surface area contributed by atoms with E-state index in [-0.39, 0.29) is 16.6 Å². The maximum absolute atomic E-state index is 12.0. The van der Waals surface area contributed by atoms with Gasteiger partial charge in [-0.2, -0.15) is 0 Å². The zero-order valence-electron chi connectivity index (χ0n) is 10.4. The Labute approximate surface area is 113 Å². The van der Waals surface area contributed by atoms with Crippen molar-refractivity contribution in [1.29, 1.82) is 0 Å². The van der Waals surface area contributed by atoms with Crippen LogP contribution in [-0.2, 0) is 6.54 Å². The highest BCUT2D eigenvalue weighted by molar-refractivity contribution is 7.11. The summed E-state index contributed by atoms with van der Waals surface area (Å²) in [4.78, 5) is 27.9. The number of nitrogens with zero attached hydrogens (tertiary/aromatic N) is 2. The number of carboxylic acid groups (broad SMARTS) is 1. The van der Waals surface area contributed by atoms with Gasteiger partial charge < -0.3 is 14.4 Å². The molecule has 0 fully saturated rings. The molecule has 0 saturated heterocycles. The molecule has 2 rings (SSSR count). The molecule has 0 unspecified atom stereocenters. The predicted octanol–water partition coefficient (Wildman–Crippen LogP) is 2.01. The lowest BCUT2D eigenvalue weighted by atomic mass is 10.4. The topological polar surface area (TPSA) is 83.6 Å². The first-order valence-electron chi connectivity index (χ1n) is 5.47. The van der Waals surface area contributed by atoms with Gasteiger partial charge in [0.25, 0.3) is 5.91 Å². The van der Waals surface area contributed by atoms with E-state index in [2.05, 4.69) is 4.98 Å². The van der Waals surface area contributed by atoms with Gasteiger partial charge in [-0.1, -0.05) is 0 Å². The molecule has 0 radical (unpaired) electrons. The molecule has 0 bridgehead atoms. The van der Waals surface area contributed by atoms with Crippen molar-refractivity contribution >= 4 is 23.2 Å². The van der Waals surface area contributed by atoms with Gasteiger partial charge in [0, 0.05) is 12.4 Å². The van der Waals surface area contributed by atoms with Crippen LogP contribution in [0.4, 0.5) is 0 Å². The van der Waals surface area contributed by atoms with Gasteiger partial charge >= 0.3 is 5.97 Å². The molecule has 0 aliphatic heterocycles. The SMILES string of the molecule is Cc1ccc(CN(C)C(=O)c2nc(C(=O)O)cs2)o1. The lowest BCUT2D eigenvalue weighted by Crippen LogP contribution is -2.26. The number of aryl methyl sites for hydroxylation is 1. The number of carbonyl (C=O) groups is 2. The van der Waals surface area contributed by atoms with Crippen molar-refractivity contribution in [2.24, 2.45) is 0 Å². The Morgan fingerprint density at radius 1 is 1.47 bits per heavy atom. The maximum atomic E-state index is 12.0. The van der Waals surface area contributed by atoms with Gasteiger partial charge in [-0.05, 0) is 19.1 Å². The standard InChI is InChI=1S/C12H12N2O4S/c1-7-3-4-8(18-7)5-14(2)11(15)10-13-9(6-19-10)12(16)17/h3-4,6H,5H2,1-2H3,(H,16,17). The molecular weight excluding hydrogens is 268 g/mol. The number of hydrogen-bond donors (Lipinski definition) is 1. The van der Waals surface area contributed by atoms with Gasteiger partial charge in [-0.3, -0.25) is 4.79 Å². The third-order valence-corrected chi connectivity index (χ3v) is 3.27. The number of carbonyl (C=O) groups excluding carboxylic acids is 1. The lowest BCUT2D eigenvalue weighted by Gasteiger charge is -2.13. The van der Waals surface area contributed by atoms with E-state index < -0.39 is 5.97 Å². The number of rotatable bonds is 4. The lowest BCUT2D eigenvalue weighted by molar-refractivity contribution is 0.0691. The number of carboxylic acids is 1. The number of thiazole rings is 1. The second-order valence-corrected chi connectivity index (χ2v) is 4.87. The van der Waals surface area contributed by atoms with E-state index in [1.807, 2.05) is 13.0 Å². The van der Waals surface area contributed by atoms with Crippen LogP contribution in [0.1, 0.15) is 31.8 Å². The van der Waals surface area contributed by atoms with Crippen molar-refractivity contribution in [2.45, 2.75) is 13.5 Å². The van der Waals surface area contributed by atoms with Crippen LogP contribution >= 0.6 is 11.3 Å². The van der Waals surface area contributed by atoms with Gasteiger partial charge in [0.05, 0.1) is 6.54 Å². The quantitative estimate of drug-likeness (QED) is 0.926. The molecule has 2 aromatic heterocycles. The minimum atomic E-state index is -1.14. The molecule has 0 aliphatic rings. The van der Waals surface area contributed by atoms with E-state index in [1.165, 1.54) is 10.3 Å². The molecule has 0 spiro atoms. The van der Waals surface area contributed by atoms with Crippen molar-refractivity contribution in [1.82, 2.24) is 9.88 Å². The largest absolute Gasteiger partial charge is 0.476 e. The van der Waals surface area contributed by atoms with E-state index in [1.54, 1.807) is 13.1 Å². The zero-order valence-corrected chi connectivity index (χ0v) is 11.2. The molecule has 100 valence electrons. The van der Waals surface area contributed by atoms with Crippen molar-refractivity contribution in [3.63, 3.8) is 0 Å². The Kier molecular flexibility index (Phi) is 3.66. The molecule has 2 heterocycles. The molecule has 19 heavy (non-hydrogen) atoms. The smallest absolute Gasteiger partial charge is 0.355 e. The van der Waals surface area contributed by atoms with E-state index in [0.29, 0.717) is 12.3 Å². The number of aromatic nitrogens is 1. The van der Waals surface area contributed by atoms with E-state index in [4.69, 9.17) is 9.52 Å². The molecule has 0 aromatic carbocycles. The summed E-state index contributed by atoms with van der Waals surface area (Å²) in [6.45, 7) is 2.14.